The first-order valence-electron chi connectivity index (χ1n) is 18.1. The standard InChI is InChI=1S/C44H48N3O3/c1-43(2)37(45(5)35-27-25-31-17-11-13-19-33(31)41(35)43)21-8-6-9-22-38-44(3,4)42-34-20-14-12-18-32(34)26-28-36(42)46(38)29-15-7-10-24-40(49)50-47-30-16-23-39(47)48/h6,8-9,11-14,17-22,25-28H,7,10,15-16,23-24,29-30H2,1-5H3/q+1. The molecule has 0 bridgehead atoms. The van der Waals surface area contributed by atoms with Crippen molar-refractivity contribution in [1.29, 1.82) is 0 Å². The Morgan fingerprint density at radius 1 is 0.820 bits per heavy atom. The van der Waals surface area contributed by atoms with Gasteiger partial charge in [-0.15, -0.1) is 0 Å². The van der Waals surface area contributed by atoms with Gasteiger partial charge in [-0.3, -0.25) is 4.79 Å². The zero-order valence-corrected chi connectivity index (χ0v) is 30.0. The van der Waals surface area contributed by atoms with Gasteiger partial charge in [-0.2, -0.15) is 9.64 Å². The number of fused-ring (bicyclic) bond motifs is 6. The van der Waals surface area contributed by atoms with Crippen molar-refractivity contribution in [1.82, 2.24) is 5.06 Å². The summed E-state index contributed by atoms with van der Waals surface area (Å²) < 4.78 is 2.33. The Morgan fingerprint density at radius 2 is 1.52 bits per heavy atom. The Labute approximate surface area is 296 Å². The average molecular weight is 667 g/mol. The van der Waals surface area contributed by atoms with Gasteiger partial charge in [0.2, 0.25) is 5.69 Å². The molecule has 6 nitrogen and oxygen atoms in total. The lowest BCUT2D eigenvalue weighted by molar-refractivity contribution is -0.401. The van der Waals surface area contributed by atoms with Crippen LogP contribution in [0.4, 0.5) is 11.4 Å². The summed E-state index contributed by atoms with van der Waals surface area (Å²) >= 11 is 0. The van der Waals surface area contributed by atoms with Crippen LogP contribution < -0.4 is 4.90 Å². The van der Waals surface area contributed by atoms with E-state index in [1.54, 1.807) is 0 Å². The topological polar surface area (TPSA) is 52.9 Å². The van der Waals surface area contributed by atoms with Gasteiger partial charge in [-0.1, -0.05) is 93.1 Å². The van der Waals surface area contributed by atoms with Crippen LogP contribution in [0.25, 0.3) is 21.5 Å². The maximum atomic E-state index is 12.4. The van der Waals surface area contributed by atoms with Crippen molar-refractivity contribution in [2.24, 2.45) is 0 Å². The molecule has 4 aromatic rings. The highest BCUT2D eigenvalue weighted by Gasteiger charge is 2.44. The monoisotopic (exact) mass is 666 g/mol. The summed E-state index contributed by atoms with van der Waals surface area (Å²) in [4.78, 5) is 31.9. The van der Waals surface area contributed by atoms with E-state index in [0.29, 0.717) is 19.4 Å². The molecule has 0 N–H and O–H groups in total. The lowest BCUT2D eigenvalue weighted by atomic mass is 9.79. The first-order valence-corrected chi connectivity index (χ1v) is 18.1. The Kier molecular flexibility index (Phi) is 8.98. The second-order valence-electron chi connectivity index (χ2n) is 14.9. The highest BCUT2D eigenvalue weighted by Crippen LogP contribution is 2.51. The molecule has 3 aliphatic rings. The van der Waals surface area contributed by atoms with E-state index in [4.69, 9.17) is 4.84 Å². The minimum atomic E-state index is -0.319. The highest BCUT2D eigenvalue weighted by atomic mass is 16.7. The molecule has 1 fully saturated rings. The third-order valence-corrected chi connectivity index (χ3v) is 10.9. The molecule has 0 radical (unpaired) electrons. The average Bonchev–Trinajstić information content (AvgIpc) is 3.67. The van der Waals surface area contributed by atoms with Crippen LogP contribution in [0.3, 0.4) is 0 Å². The van der Waals surface area contributed by atoms with Crippen LogP contribution in [-0.4, -0.2) is 47.4 Å². The van der Waals surface area contributed by atoms with Gasteiger partial charge >= 0.3 is 5.97 Å². The Bertz CT molecular complexity index is 2120. The van der Waals surface area contributed by atoms with Crippen molar-refractivity contribution in [3.63, 3.8) is 0 Å². The SMILES string of the molecule is C[N+]1=C(C=CC=CC=C2N(CCCCCC(=O)ON3CCCC3=O)c3ccc4ccccc4c3C2(C)C)C(C)(C)c2c1ccc1ccccc21. The van der Waals surface area contributed by atoms with E-state index >= 15 is 0 Å². The molecule has 0 spiro atoms. The molecule has 0 saturated carbocycles. The molecule has 3 heterocycles. The first kappa shape index (κ1) is 33.5. The van der Waals surface area contributed by atoms with Crippen LogP contribution in [0, 0.1) is 0 Å². The van der Waals surface area contributed by atoms with Gasteiger partial charge in [-0.05, 0) is 78.4 Å². The zero-order chi connectivity index (χ0) is 35.0. The van der Waals surface area contributed by atoms with E-state index in [-0.39, 0.29) is 22.7 Å². The number of anilines is 1. The second-order valence-corrected chi connectivity index (χ2v) is 14.9. The summed E-state index contributed by atoms with van der Waals surface area (Å²) in [5.41, 5.74) is 7.50. The number of rotatable bonds is 10. The second kappa shape index (κ2) is 13.4. The molecular formula is C44H48N3O3+. The van der Waals surface area contributed by atoms with Crippen LogP contribution in [0.5, 0.6) is 0 Å². The predicted molar refractivity (Wildman–Crippen MR) is 204 cm³/mol. The number of hydroxylamine groups is 2. The molecule has 0 unspecified atom stereocenters. The van der Waals surface area contributed by atoms with E-state index < -0.39 is 0 Å². The number of hydrogen-bond acceptors (Lipinski definition) is 4. The van der Waals surface area contributed by atoms with Gasteiger partial charge < -0.3 is 9.74 Å². The summed E-state index contributed by atoms with van der Waals surface area (Å²) in [6, 6.07) is 26.3. The van der Waals surface area contributed by atoms with Crippen molar-refractivity contribution in [3.05, 3.63) is 120 Å². The minimum absolute atomic E-state index is 0.0992. The molecule has 6 heteroatoms. The van der Waals surface area contributed by atoms with Crippen LogP contribution >= 0.6 is 0 Å². The molecule has 50 heavy (non-hydrogen) atoms. The molecule has 3 aliphatic heterocycles. The number of allylic oxidation sites excluding steroid dienone is 6. The predicted octanol–water partition coefficient (Wildman–Crippen LogP) is 9.43. The van der Waals surface area contributed by atoms with Crippen molar-refractivity contribution < 1.29 is 19.0 Å². The molecule has 0 aromatic heterocycles. The quantitative estimate of drug-likeness (QED) is 0.0962. The van der Waals surface area contributed by atoms with Crippen molar-refractivity contribution in [2.45, 2.75) is 77.0 Å². The molecular weight excluding hydrogens is 619 g/mol. The van der Waals surface area contributed by atoms with Gasteiger partial charge in [0.1, 0.15) is 7.05 Å². The number of amides is 1. The first-order chi connectivity index (χ1) is 24.1. The number of hydrogen-bond donors (Lipinski definition) is 0. The number of benzene rings is 4. The summed E-state index contributed by atoms with van der Waals surface area (Å²) in [7, 11) is 2.17. The molecule has 0 atom stereocenters. The smallest absolute Gasteiger partial charge is 0.332 e. The Morgan fingerprint density at radius 3 is 2.24 bits per heavy atom. The number of unbranched alkanes of at least 4 members (excludes halogenated alkanes) is 2. The van der Waals surface area contributed by atoms with Crippen LogP contribution in [0.15, 0.2) is 109 Å². The molecule has 0 aliphatic carbocycles. The fourth-order valence-electron chi connectivity index (χ4n) is 8.43. The lowest BCUT2D eigenvalue weighted by Gasteiger charge is -2.27. The van der Waals surface area contributed by atoms with Gasteiger partial charge in [0, 0.05) is 53.9 Å². The van der Waals surface area contributed by atoms with Crippen LogP contribution in [-0.2, 0) is 25.3 Å². The molecule has 1 saturated heterocycles. The maximum Gasteiger partial charge on any atom is 0.332 e. The van der Waals surface area contributed by atoms with Gasteiger partial charge in [0.15, 0.2) is 5.71 Å². The van der Waals surface area contributed by atoms with Gasteiger partial charge in [0.05, 0.1) is 12.0 Å². The fourth-order valence-corrected chi connectivity index (χ4v) is 8.43. The number of nitrogens with zero attached hydrogens (tertiary/aromatic N) is 3. The van der Waals surface area contributed by atoms with Crippen LogP contribution in [0.2, 0.25) is 0 Å². The maximum absolute atomic E-state index is 12.4. The molecule has 7 rings (SSSR count). The third-order valence-electron chi connectivity index (χ3n) is 10.9. The minimum Gasteiger partial charge on any atom is -0.344 e. The molecule has 1 amide bonds. The number of carbonyl (C=O) groups is 2. The highest BCUT2D eigenvalue weighted by molar-refractivity contribution is 6.07. The van der Waals surface area contributed by atoms with Crippen molar-refractivity contribution in [2.75, 3.05) is 25.0 Å². The molecule has 256 valence electrons. The van der Waals surface area contributed by atoms with Gasteiger partial charge in [0.25, 0.3) is 5.91 Å². The van der Waals surface area contributed by atoms with E-state index in [1.165, 1.54) is 60.5 Å². The Hall–Kier alpha value is -4.97. The summed E-state index contributed by atoms with van der Waals surface area (Å²) in [5, 5.41) is 6.37. The number of carbonyl (C=O) groups excluding carboxylic acids is 2. The third kappa shape index (κ3) is 5.95. The van der Waals surface area contributed by atoms with Gasteiger partial charge in [-0.25, -0.2) is 4.79 Å². The summed E-state index contributed by atoms with van der Waals surface area (Å²) in [5.74, 6) is -0.418. The van der Waals surface area contributed by atoms with Crippen molar-refractivity contribution in [3.8, 4) is 0 Å². The van der Waals surface area contributed by atoms with Crippen molar-refractivity contribution >= 4 is 50.5 Å². The van der Waals surface area contributed by atoms with E-state index in [0.717, 1.165) is 32.2 Å². The van der Waals surface area contributed by atoms with E-state index in [9.17, 15) is 9.59 Å². The molecule has 4 aromatic carbocycles. The van der Waals surface area contributed by atoms with Crippen LogP contribution in [0.1, 0.15) is 77.3 Å². The largest absolute Gasteiger partial charge is 0.344 e. The Balaban J connectivity index is 1.09. The summed E-state index contributed by atoms with van der Waals surface area (Å²) in [6.07, 6.45) is 15.1. The zero-order valence-electron chi connectivity index (χ0n) is 30.0. The lowest BCUT2D eigenvalue weighted by Crippen LogP contribution is -2.28. The normalized spacial score (nSPS) is 18.8. The van der Waals surface area contributed by atoms with E-state index in [1.807, 2.05) is 0 Å². The summed E-state index contributed by atoms with van der Waals surface area (Å²) in [6.45, 7) is 10.7. The fraction of sp³-hybridized carbons (Fsp3) is 0.341. The van der Waals surface area contributed by atoms with E-state index in [2.05, 4.69) is 147 Å².